The summed E-state index contributed by atoms with van der Waals surface area (Å²) in [5.41, 5.74) is 6.94. The van der Waals surface area contributed by atoms with Gasteiger partial charge in [0.15, 0.2) is 0 Å². The largest absolute Gasteiger partial charge is 0.383 e. The van der Waals surface area contributed by atoms with E-state index in [1.807, 2.05) is 6.92 Å². The third-order valence-electron chi connectivity index (χ3n) is 4.00. The van der Waals surface area contributed by atoms with Crippen LogP contribution < -0.4 is 11.1 Å². The van der Waals surface area contributed by atoms with Gasteiger partial charge in [0.1, 0.15) is 17.5 Å². The molecule has 1 atom stereocenters. The molecule has 3 N–H and O–H groups in total. The lowest BCUT2D eigenvalue weighted by molar-refractivity contribution is 0.542. The zero-order valence-electron chi connectivity index (χ0n) is 13.5. The van der Waals surface area contributed by atoms with Crippen molar-refractivity contribution in [3.8, 4) is 0 Å². The predicted octanol–water partition coefficient (Wildman–Crippen LogP) is 3.66. The Morgan fingerprint density at radius 3 is 2.45 bits per heavy atom. The monoisotopic (exact) mass is 276 g/mol. The first-order valence-electron chi connectivity index (χ1n) is 7.72. The molecule has 2 rings (SSSR count). The summed E-state index contributed by atoms with van der Waals surface area (Å²) in [5.74, 6) is 3.22. The molecule has 0 aromatic carbocycles. The van der Waals surface area contributed by atoms with Crippen LogP contribution in [0.25, 0.3) is 0 Å². The van der Waals surface area contributed by atoms with Gasteiger partial charge in [-0.3, -0.25) is 0 Å². The van der Waals surface area contributed by atoms with Gasteiger partial charge in [-0.15, -0.1) is 0 Å². The van der Waals surface area contributed by atoms with E-state index in [-0.39, 0.29) is 5.41 Å². The Morgan fingerprint density at radius 1 is 1.30 bits per heavy atom. The van der Waals surface area contributed by atoms with Crippen molar-refractivity contribution in [2.24, 2.45) is 5.92 Å². The van der Waals surface area contributed by atoms with E-state index in [1.54, 1.807) is 0 Å². The number of rotatable bonds is 5. The van der Waals surface area contributed by atoms with Gasteiger partial charge in [-0.05, 0) is 25.7 Å². The van der Waals surface area contributed by atoms with Gasteiger partial charge in [0.25, 0.3) is 0 Å². The van der Waals surface area contributed by atoms with Crippen LogP contribution in [0, 0.1) is 12.8 Å². The van der Waals surface area contributed by atoms with Crippen LogP contribution in [0.2, 0.25) is 0 Å². The Bertz CT molecular complexity index is 472. The summed E-state index contributed by atoms with van der Waals surface area (Å²) >= 11 is 0. The molecule has 0 aliphatic heterocycles. The van der Waals surface area contributed by atoms with Gasteiger partial charge in [0, 0.05) is 17.0 Å². The maximum atomic E-state index is 6.06. The second-order valence-corrected chi connectivity index (χ2v) is 7.08. The summed E-state index contributed by atoms with van der Waals surface area (Å²) in [5, 5.41) is 3.59. The highest BCUT2D eigenvalue weighted by Gasteiger charge is 2.26. The second-order valence-electron chi connectivity index (χ2n) is 7.08. The molecule has 1 aliphatic rings. The molecule has 4 heteroatoms. The molecule has 112 valence electrons. The van der Waals surface area contributed by atoms with Crippen LogP contribution >= 0.6 is 0 Å². The predicted molar refractivity (Wildman–Crippen MR) is 84.9 cm³/mol. The number of nitrogen functional groups attached to an aromatic ring is 1. The van der Waals surface area contributed by atoms with Gasteiger partial charge in [-0.1, -0.05) is 40.5 Å². The number of hydrogen-bond acceptors (Lipinski definition) is 4. The van der Waals surface area contributed by atoms with Crippen LogP contribution in [0.15, 0.2) is 0 Å². The molecular weight excluding hydrogens is 248 g/mol. The van der Waals surface area contributed by atoms with E-state index in [4.69, 9.17) is 10.7 Å². The van der Waals surface area contributed by atoms with Crippen molar-refractivity contribution in [3.05, 3.63) is 11.4 Å². The molecule has 1 saturated carbocycles. The van der Waals surface area contributed by atoms with Gasteiger partial charge in [0.2, 0.25) is 0 Å². The van der Waals surface area contributed by atoms with Crippen LogP contribution in [0.3, 0.4) is 0 Å². The van der Waals surface area contributed by atoms with Crippen molar-refractivity contribution < 1.29 is 0 Å². The fraction of sp³-hybridized carbons (Fsp3) is 0.750. The summed E-state index contributed by atoms with van der Waals surface area (Å²) in [4.78, 5) is 9.16. The smallest absolute Gasteiger partial charge is 0.138 e. The third kappa shape index (κ3) is 3.62. The van der Waals surface area contributed by atoms with Crippen LogP contribution in [0.1, 0.15) is 64.8 Å². The molecule has 1 aliphatic carbocycles. The molecule has 1 fully saturated rings. The minimum atomic E-state index is -0.0869. The molecule has 0 radical (unpaired) electrons. The number of hydrogen-bond donors (Lipinski definition) is 2. The molecule has 20 heavy (non-hydrogen) atoms. The van der Waals surface area contributed by atoms with E-state index in [0.29, 0.717) is 11.9 Å². The van der Waals surface area contributed by atoms with Gasteiger partial charge in [-0.25, -0.2) is 9.97 Å². The van der Waals surface area contributed by atoms with Crippen molar-refractivity contribution in [1.82, 2.24) is 9.97 Å². The van der Waals surface area contributed by atoms with Crippen molar-refractivity contribution in [2.45, 2.75) is 71.8 Å². The van der Waals surface area contributed by atoms with Gasteiger partial charge in [-0.2, -0.15) is 0 Å². The Balaban J connectivity index is 2.22. The van der Waals surface area contributed by atoms with E-state index in [2.05, 4.69) is 38.0 Å². The Labute approximate surface area is 122 Å². The van der Waals surface area contributed by atoms with Crippen LogP contribution in [-0.4, -0.2) is 16.0 Å². The van der Waals surface area contributed by atoms with Gasteiger partial charge >= 0.3 is 0 Å². The summed E-state index contributed by atoms with van der Waals surface area (Å²) in [6, 6.07) is 0.489. The number of anilines is 2. The Kier molecular flexibility index (Phi) is 4.21. The number of aromatic nitrogens is 2. The molecule has 0 amide bonds. The molecule has 1 unspecified atom stereocenters. The summed E-state index contributed by atoms with van der Waals surface area (Å²) < 4.78 is 0. The van der Waals surface area contributed by atoms with Crippen LogP contribution in [-0.2, 0) is 5.41 Å². The van der Waals surface area contributed by atoms with Crippen molar-refractivity contribution >= 4 is 11.6 Å². The van der Waals surface area contributed by atoms with E-state index in [0.717, 1.165) is 29.5 Å². The molecule has 4 nitrogen and oxygen atoms in total. The summed E-state index contributed by atoms with van der Waals surface area (Å²) in [7, 11) is 0. The van der Waals surface area contributed by atoms with Crippen LogP contribution in [0.4, 0.5) is 11.6 Å². The molecule has 0 saturated heterocycles. The number of nitrogens with two attached hydrogens (primary N) is 1. The Hall–Kier alpha value is -1.32. The minimum absolute atomic E-state index is 0.0869. The highest BCUT2D eigenvalue weighted by molar-refractivity contribution is 5.55. The third-order valence-corrected chi connectivity index (χ3v) is 4.00. The molecule has 0 bridgehead atoms. The molecule has 1 aromatic rings. The molecule has 1 aromatic heterocycles. The highest BCUT2D eigenvalue weighted by atomic mass is 15.1. The molecule has 1 heterocycles. The lowest BCUT2D eigenvalue weighted by Gasteiger charge is -2.23. The molecule has 0 spiro atoms. The topological polar surface area (TPSA) is 63.8 Å². The van der Waals surface area contributed by atoms with Gasteiger partial charge < -0.3 is 11.1 Å². The normalized spacial score (nSPS) is 17.1. The lowest BCUT2D eigenvalue weighted by Crippen LogP contribution is -2.24. The Morgan fingerprint density at radius 2 is 1.95 bits per heavy atom. The highest BCUT2D eigenvalue weighted by Crippen LogP contribution is 2.35. The second kappa shape index (κ2) is 5.58. The zero-order valence-corrected chi connectivity index (χ0v) is 13.5. The van der Waals surface area contributed by atoms with E-state index in [1.165, 1.54) is 19.3 Å². The maximum absolute atomic E-state index is 6.06. The van der Waals surface area contributed by atoms with Crippen molar-refractivity contribution in [3.63, 3.8) is 0 Å². The average molecular weight is 276 g/mol. The SMILES string of the molecule is CCC(CC1CC1)Nc1nc(C(C)(C)C)nc(N)c1C. The fourth-order valence-electron chi connectivity index (χ4n) is 2.29. The number of nitrogens with one attached hydrogen (secondary N) is 1. The van der Waals surface area contributed by atoms with E-state index < -0.39 is 0 Å². The van der Waals surface area contributed by atoms with Gasteiger partial charge in [0.05, 0.1) is 0 Å². The minimum Gasteiger partial charge on any atom is -0.383 e. The summed E-state index contributed by atoms with van der Waals surface area (Å²) in [6.45, 7) is 10.6. The first-order chi connectivity index (χ1) is 9.31. The maximum Gasteiger partial charge on any atom is 0.138 e. The van der Waals surface area contributed by atoms with E-state index >= 15 is 0 Å². The van der Waals surface area contributed by atoms with E-state index in [9.17, 15) is 0 Å². The zero-order chi connectivity index (χ0) is 14.9. The standard InChI is InChI=1S/C16H28N4/c1-6-12(9-11-7-8-11)18-14-10(2)13(17)19-15(20-14)16(3,4)5/h11-12H,6-9H2,1-5H3,(H3,17,18,19,20). The van der Waals surface area contributed by atoms with Crippen LogP contribution in [0.5, 0.6) is 0 Å². The quantitative estimate of drug-likeness (QED) is 0.861. The van der Waals surface area contributed by atoms with Crippen molar-refractivity contribution in [2.75, 3.05) is 11.1 Å². The number of nitrogens with zero attached hydrogens (tertiary/aromatic N) is 2. The molecular formula is C16H28N4. The first kappa shape index (κ1) is 15.1. The summed E-state index contributed by atoms with van der Waals surface area (Å²) in [6.07, 6.45) is 5.13. The fourth-order valence-corrected chi connectivity index (χ4v) is 2.29. The average Bonchev–Trinajstić information content (AvgIpc) is 3.16. The first-order valence-corrected chi connectivity index (χ1v) is 7.72. The van der Waals surface area contributed by atoms with Crippen molar-refractivity contribution in [1.29, 1.82) is 0 Å². The lowest BCUT2D eigenvalue weighted by atomic mass is 9.95.